The van der Waals surface area contributed by atoms with E-state index in [-0.39, 0.29) is 0 Å². The number of β-amino-alcohol motifs (C(OH)–C–C–N with tert-alkyl or cyclic N) is 1. The molecule has 0 bridgehead atoms. The van der Waals surface area contributed by atoms with Gasteiger partial charge in [-0.3, -0.25) is 4.90 Å². The topological polar surface area (TPSA) is 23.5 Å². The zero-order valence-corrected chi connectivity index (χ0v) is 13.7. The zero-order chi connectivity index (χ0) is 14.4. The van der Waals surface area contributed by atoms with Crippen LogP contribution in [0.5, 0.6) is 0 Å². The quantitative estimate of drug-likeness (QED) is 0.596. The molecule has 1 N–H and O–H groups in total. The van der Waals surface area contributed by atoms with Gasteiger partial charge in [0.2, 0.25) is 0 Å². The maximum atomic E-state index is 9.99. The molecule has 0 radical (unpaired) electrons. The normalized spacial score (nSPS) is 21.9. The molecule has 114 valence electrons. The van der Waals surface area contributed by atoms with E-state index in [1.807, 2.05) is 6.92 Å². The van der Waals surface area contributed by atoms with Crippen molar-refractivity contribution in [2.24, 2.45) is 0 Å². The number of likely N-dealkylation sites (tertiary alicyclic amines) is 1. The molecule has 0 spiro atoms. The average molecular weight is 269 g/mol. The van der Waals surface area contributed by atoms with Crippen molar-refractivity contribution in [2.75, 3.05) is 13.1 Å². The van der Waals surface area contributed by atoms with Gasteiger partial charge in [0.1, 0.15) is 0 Å². The number of unbranched alkanes of at least 4 members (excludes halogenated alkanes) is 5. The lowest BCUT2D eigenvalue weighted by molar-refractivity contribution is -0.132. The van der Waals surface area contributed by atoms with Gasteiger partial charge in [0.05, 0.1) is 5.60 Å². The van der Waals surface area contributed by atoms with E-state index >= 15 is 0 Å². The SMILES string of the molecule is CCCCCCC(C)(CCCCC)N1CC(C)(O)C1. The Morgan fingerprint density at radius 2 is 1.42 bits per heavy atom. The van der Waals surface area contributed by atoms with Crippen LogP contribution in [-0.4, -0.2) is 34.2 Å². The molecule has 0 saturated carbocycles. The minimum absolute atomic E-state index is 0.325. The first-order chi connectivity index (χ1) is 8.93. The third kappa shape index (κ3) is 5.43. The minimum Gasteiger partial charge on any atom is -0.388 e. The first-order valence-corrected chi connectivity index (χ1v) is 8.41. The molecule has 19 heavy (non-hydrogen) atoms. The van der Waals surface area contributed by atoms with Gasteiger partial charge in [-0.25, -0.2) is 0 Å². The van der Waals surface area contributed by atoms with Gasteiger partial charge in [0, 0.05) is 18.6 Å². The van der Waals surface area contributed by atoms with Crippen LogP contribution in [0.3, 0.4) is 0 Å². The van der Waals surface area contributed by atoms with E-state index in [0.29, 0.717) is 5.54 Å². The van der Waals surface area contributed by atoms with Crippen LogP contribution in [0, 0.1) is 0 Å². The number of aliphatic hydroxyl groups is 1. The highest BCUT2D eigenvalue weighted by molar-refractivity contribution is 5.00. The number of hydrogen-bond donors (Lipinski definition) is 1. The molecule has 2 nitrogen and oxygen atoms in total. The molecule has 1 unspecified atom stereocenters. The largest absolute Gasteiger partial charge is 0.388 e. The Bertz CT molecular complexity index is 244. The molecule has 0 aromatic carbocycles. The van der Waals surface area contributed by atoms with Crippen molar-refractivity contribution >= 4 is 0 Å². The van der Waals surface area contributed by atoms with Crippen molar-refractivity contribution in [1.29, 1.82) is 0 Å². The number of rotatable bonds is 10. The lowest BCUT2D eigenvalue weighted by Gasteiger charge is -2.54. The standard InChI is InChI=1S/C17H35NO/c1-5-7-9-11-13-16(3,12-10-8-6-2)18-14-17(4,19)15-18/h19H,5-15H2,1-4H3. The summed E-state index contributed by atoms with van der Waals surface area (Å²) in [6, 6.07) is 0. The molecule has 1 atom stereocenters. The third-order valence-corrected chi connectivity index (χ3v) is 4.71. The fourth-order valence-electron chi connectivity index (χ4n) is 3.29. The van der Waals surface area contributed by atoms with Crippen molar-refractivity contribution in [3.05, 3.63) is 0 Å². The lowest BCUT2D eigenvalue weighted by Crippen LogP contribution is -2.67. The fourth-order valence-corrected chi connectivity index (χ4v) is 3.29. The molecule has 1 heterocycles. The Labute approximate surface area is 120 Å². The molecule has 1 fully saturated rings. The molecule has 0 amide bonds. The molecule has 0 aromatic heterocycles. The van der Waals surface area contributed by atoms with Gasteiger partial charge in [-0.1, -0.05) is 58.8 Å². The van der Waals surface area contributed by atoms with Crippen LogP contribution >= 0.6 is 0 Å². The van der Waals surface area contributed by atoms with E-state index in [2.05, 4.69) is 25.7 Å². The van der Waals surface area contributed by atoms with E-state index in [0.717, 1.165) is 13.1 Å². The van der Waals surface area contributed by atoms with E-state index in [4.69, 9.17) is 0 Å². The second-order valence-corrected chi connectivity index (χ2v) is 7.12. The van der Waals surface area contributed by atoms with E-state index in [9.17, 15) is 5.11 Å². The highest BCUT2D eigenvalue weighted by Crippen LogP contribution is 2.36. The van der Waals surface area contributed by atoms with Crippen molar-refractivity contribution in [3.63, 3.8) is 0 Å². The first kappa shape index (κ1) is 17.0. The predicted octanol–water partition coefficient (Wildman–Crippen LogP) is 4.36. The smallest absolute Gasteiger partial charge is 0.0872 e. The van der Waals surface area contributed by atoms with Gasteiger partial charge in [-0.2, -0.15) is 0 Å². The van der Waals surface area contributed by atoms with Gasteiger partial charge < -0.3 is 5.11 Å². The number of hydrogen-bond acceptors (Lipinski definition) is 2. The van der Waals surface area contributed by atoms with Gasteiger partial charge in [0.15, 0.2) is 0 Å². The van der Waals surface area contributed by atoms with Crippen LogP contribution < -0.4 is 0 Å². The van der Waals surface area contributed by atoms with Gasteiger partial charge in [-0.15, -0.1) is 0 Å². The molecule has 1 aliphatic rings. The van der Waals surface area contributed by atoms with Crippen LogP contribution in [0.15, 0.2) is 0 Å². The van der Waals surface area contributed by atoms with Crippen molar-refractivity contribution in [1.82, 2.24) is 4.90 Å². The highest BCUT2D eigenvalue weighted by atomic mass is 16.3. The summed E-state index contributed by atoms with van der Waals surface area (Å²) < 4.78 is 0. The van der Waals surface area contributed by atoms with E-state index in [1.165, 1.54) is 57.8 Å². The molecular formula is C17H35NO. The van der Waals surface area contributed by atoms with E-state index in [1.54, 1.807) is 0 Å². The Morgan fingerprint density at radius 3 is 1.89 bits per heavy atom. The molecule has 1 aliphatic heterocycles. The summed E-state index contributed by atoms with van der Waals surface area (Å²) in [6.07, 6.45) is 11.9. The second-order valence-electron chi connectivity index (χ2n) is 7.12. The lowest BCUT2D eigenvalue weighted by atomic mass is 9.81. The molecule has 1 saturated heterocycles. The van der Waals surface area contributed by atoms with Crippen LogP contribution in [0.25, 0.3) is 0 Å². The maximum absolute atomic E-state index is 9.99. The van der Waals surface area contributed by atoms with Gasteiger partial charge >= 0.3 is 0 Å². The third-order valence-electron chi connectivity index (χ3n) is 4.71. The summed E-state index contributed by atoms with van der Waals surface area (Å²) in [6.45, 7) is 10.7. The molecule has 2 heteroatoms. The highest BCUT2D eigenvalue weighted by Gasteiger charge is 2.45. The van der Waals surface area contributed by atoms with Crippen molar-refractivity contribution in [3.8, 4) is 0 Å². The summed E-state index contributed by atoms with van der Waals surface area (Å²) in [5.74, 6) is 0. The molecule has 1 rings (SSSR count). The Hall–Kier alpha value is -0.0800. The summed E-state index contributed by atoms with van der Waals surface area (Å²) >= 11 is 0. The maximum Gasteiger partial charge on any atom is 0.0872 e. The van der Waals surface area contributed by atoms with Crippen LogP contribution in [0.2, 0.25) is 0 Å². The molecule has 0 aromatic rings. The second kappa shape index (κ2) is 7.64. The first-order valence-electron chi connectivity index (χ1n) is 8.41. The molecule has 0 aliphatic carbocycles. The summed E-state index contributed by atoms with van der Waals surface area (Å²) in [5.41, 5.74) is -0.111. The van der Waals surface area contributed by atoms with Gasteiger partial charge in [0.25, 0.3) is 0 Å². The summed E-state index contributed by atoms with van der Waals surface area (Å²) in [4.78, 5) is 2.52. The van der Waals surface area contributed by atoms with Crippen molar-refractivity contribution < 1.29 is 5.11 Å². The van der Waals surface area contributed by atoms with E-state index < -0.39 is 5.60 Å². The monoisotopic (exact) mass is 269 g/mol. The minimum atomic E-state index is -0.435. The summed E-state index contributed by atoms with van der Waals surface area (Å²) in [5, 5.41) is 9.99. The summed E-state index contributed by atoms with van der Waals surface area (Å²) in [7, 11) is 0. The number of nitrogens with zero attached hydrogens (tertiary/aromatic N) is 1. The van der Waals surface area contributed by atoms with Crippen LogP contribution in [0.1, 0.15) is 85.5 Å². The fraction of sp³-hybridized carbons (Fsp3) is 1.00. The zero-order valence-electron chi connectivity index (χ0n) is 13.7. The average Bonchev–Trinajstić information content (AvgIpc) is 2.32. The van der Waals surface area contributed by atoms with Gasteiger partial charge in [-0.05, 0) is 26.7 Å². The molecular weight excluding hydrogens is 234 g/mol. The predicted molar refractivity (Wildman–Crippen MR) is 83.5 cm³/mol. The Kier molecular flexibility index (Phi) is 6.82. The van der Waals surface area contributed by atoms with Crippen LogP contribution in [-0.2, 0) is 0 Å². The van der Waals surface area contributed by atoms with Crippen molar-refractivity contribution in [2.45, 2.75) is 96.6 Å². The van der Waals surface area contributed by atoms with Crippen LogP contribution in [0.4, 0.5) is 0 Å². The Morgan fingerprint density at radius 1 is 0.947 bits per heavy atom. The Balaban J connectivity index is 2.42.